The Morgan fingerprint density at radius 3 is 3.00 bits per heavy atom. The van der Waals surface area contributed by atoms with Crippen molar-refractivity contribution in [3.8, 4) is 0 Å². The molecule has 1 fully saturated rings. The molecule has 2 aliphatic rings. The molecule has 1 atom stereocenters. The predicted molar refractivity (Wildman–Crippen MR) is 56.9 cm³/mol. The molecule has 0 aromatic carbocycles. The molecule has 0 aromatic rings. The molecule has 1 aliphatic carbocycles. The van der Waals surface area contributed by atoms with Gasteiger partial charge in [-0.15, -0.1) is 0 Å². The molecule has 5 heteroatoms. The summed E-state index contributed by atoms with van der Waals surface area (Å²) in [6, 6.07) is 0. The fourth-order valence-electron chi connectivity index (χ4n) is 1.92. The number of allylic oxidation sites excluding steroid dienone is 3. The quantitative estimate of drug-likeness (QED) is 0.738. The second kappa shape index (κ2) is 3.33. The van der Waals surface area contributed by atoms with Gasteiger partial charge in [-0.25, -0.2) is 9.18 Å². The molecule has 1 saturated heterocycles. The smallest absolute Gasteiger partial charge is 0.412 e. The molecule has 0 bridgehead atoms. The summed E-state index contributed by atoms with van der Waals surface area (Å²) < 4.78 is 19.5. The molecule has 1 N–H and O–H groups in total. The highest BCUT2D eigenvalue weighted by Gasteiger charge is 2.43. The van der Waals surface area contributed by atoms with Crippen LogP contribution in [0.4, 0.5) is 9.18 Å². The number of cyclic esters (lactones) is 1. The average Bonchev–Trinajstić information content (AvgIpc) is 2.06. The van der Waals surface area contributed by atoms with E-state index in [0.717, 1.165) is 4.48 Å². The van der Waals surface area contributed by atoms with Crippen molar-refractivity contribution in [2.24, 2.45) is 5.92 Å². The molecular weight excluding hydrogens is 265 g/mol. The largest absolute Gasteiger partial charge is 0.443 e. The van der Waals surface area contributed by atoms with Gasteiger partial charge in [-0.1, -0.05) is 15.9 Å². The maximum atomic E-state index is 13.6. The van der Waals surface area contributed by atoms with E-state index in [0.29, 0.717) is 12.1 Å². The number of hydrogen-bond donors (Lipinski definition) is 1. The lowest BCUT2D eigenvalue weighted by molar-refractivity contribution is -0.0140. The van der Waals surface area contributed by atoms with Crippen LogP contribution >= 0.6 is 15.9 Å². The lowest BCUT2D eigenvalue weighted by atomic mass is 9.81. The predicted octanol–water partition coefficient (Wildman–Crippen LogP) is 2.98. The minimum atomic E-state index is -0.678. The van der Waals surface area contributed by atoms with E-state index in [9.17, 15) is 9.18 Å². The Morgan fingerprint density at radius 1 is 1.67 bits per heavy atom. The number of hydrogen-bond acceptors (Lipinski definition) is 2. The first-order valence-electron chi connectivity index (χ1n) is 4.66. The maximum Gasteiger partial charge on any atom is 0.412 e. The molecule has 0 radical (unpaired) electrons. The summed E-state index contributed by atoms with van der Waals surface area (Å²) >= 11 is 3.28. The van der Waals surface area contributed by atoms with Crippen LogP contribution in [0.1, 0.15) is 20.3 Å². The zero-order valence-electron chi connectivity index (χ0n) is 8.43. The van der Waals surface area contributed by atoms with Gasteiger partial charge in [0.25, 0.3) is 0 Å². The maximum absolute atomic E-state index is 13.6. The number of carbonyl (C=O) groups is 1. The zero-order chi connectivity index (χ0) is 11.2. The minimum Gasteiger partial charge on any atom is -0.443 e. The first-order valence-corrected chi connectivity index (χ1v) is 5.45. The van der Waals surface area contributed by atoms with Crippen molar-refractivity contribution in [1.29, 1.82) is 0 Å². The second-order valence-corrected chi connectivity index (χ2v) is 5.25. The van der Waals surface area contributed by atoms with Crippen LogP contribution in [0.3, 0.4) is 0 Å². The Kier molecular flexibility index (Phi) is 2.37. The Hall–Kier alpha value is -0.840. The molecule has 15 heavy (non-hydrogen) atoms. The highest BCUT2D eigenvalue weighted by atomic mass is 79.9. The number of fused-ring (bicyclic) bond motifs is 1. The highest BCUT2D eigenvalue weighted by Crippen LogP contribution is 2.41. The van der Waals surface area contributed by atoms with Crippen LogP contribution < -0.4 is 5.32 Å². The Morgan fingerprint density at radius 2 is 2.33 bits per heavy atom. The summed E-state index contributed by atoms with van der Waals surface area (Å²) in [6.45, 7) is 3.57. The van der Waals surface area contributed by atoms with Crippen molar-refractivity contribution in [3.63, 3.8) is 0 Å². The van der Waals surface area contributed by atoms with Crippen LogP contribution in [0.5, 0.6) is 0 Å². The van der Waals surface area contributed by atoms with E-state index in [1.54, 1.807) is 13.8 Å². The molecule has 1 amide bonds. The number of halogens is 2. The molecular formula is C10H11BrFNO2. The first-order chi connectivity index (χ1) is 6.90. The van der Waals surface area contributed by atoms with Crippen LogP contribution in [0.25, 0.3) is 0 Å². The van der Waals surface area contributed by atoms with Gasteiger partial charge in [-0.3, -0.25) is 5.32 Å². The van der Waals surface area contributed by atoms with Crippen LogP contribution in [0, 0.1) is 5.92 Å². The highest BCUT2D eigenvalue weighted by molar-refractivity contribution is 9.11. The summed E-state index contributed by atoms with van der Waals surface area (Å²) in [6.07, 6.45) is 1.43. The van der Waals surface area contributed by atoms with E-state index in [4.69, 9.17) is 4.74 Å². The van der Waals surface area contributed by atoms with E-state index in [1.807, 2.05) is 0 Å². The third-order valence-corrected chi connectivity index (χ3v) is 3.27. The SMILES string of the molecule is CC1(C)OC(=O)NC2=C(F)C=C(Br)CC21. The standard InChI is InChI=1S/C10H11BrFNO2/c1-10(2)6-3-5(11)4-7(12)8(6)13-9(14)15-10/h4,6H,3H2,1-2H3,(H,13,14). The normalized spacial score (nSPS) is 28.9. The van der Waals surface area contributed by atoms with Gasteiger partial charge in [0.15, 0.2) is 0 Å². The molecule has 1 aliphatic heterocycles. The van der Waals surface area contributed by atoms with Crippen molar-refractivity contribution in [2.75, 3.05) is 0 Å². The first kappa shape index (κ1) is 10.7. The van der Waals surface area contributed by atoms with Gasteiger partial charge < -0.3 is 4.74 Å². The van der Waals surface area contributed by atoms with Crippen molar-refractivity contribution in [1.82, 2.24) is 5.32 Å². The number of rotatable bonds is 0. The number of alkyl carbamates (subject to hydrolysis) is 1. The minimum absolute atomic E-state index is 0.158. The summed E-state index contributed by atoms with van der Waals surface area (Å²) in [4.78, 5) is 11.2. The summed E-state index contributed by atoms with van der Waals surface area (Å²) in [7, 11) is 0. The van der Waals surface area contributed by atoms with E-state index in [1.165, 1.54) is 6.08 Å². The number of carbonyl (C=O) groups excluding carboxylic acids is 1. The zero-order valence-corrected chi connectivity index (χ0v) is 10.0. The Labute approximate surface area is 95.5 Å². The van der Waals surface area contributed by atoms with Crippen molar-refractivity contribution < 1.29 is 13.9 Å². The van der Waals surface area contributed by atoms with E-state index in [2.05, 4.69) is 21.2 Å². The van der Waals surface area contributed by atoms with E-state index >= 15 is 0 Å². The number of amides is 1. The fourth-order valence-corrected chi connectivity index (χ4v) is 2.45. The van der Waals surface area contributed by atoms with E-state index in [-0.39, 0.29) is 5.92 Å². The molecule has 3 nitrogen and oxygen atoms in total. The lowest BCUT2D eigenvalue weighted by Gasteiger charge is -2.41. The van der Waals surface area contributed by atoms with Gasteiger partial charge >= 0.3 is 6.09 Å². The van der Waals surface area contributed by atoms with Gasteiger partial charge in [0.1, 0.15) is 11.4 Å². The molecule has 1 unspecified atom stereocenters. The molecule has 0 spiro atoms. The van der Waals surface area contributed by atoms with Crippen LogP contribution in [-0.2, 0) is 4.74 Å². The third-order valence-electron chi connectivity index (χ3n) is 2.72. The Bertz CT molecular complexity index is 387. The molecule has 82 valence electrons. The Balaban J connectivity index is 2.44. The second-order valence-electron chi connectivity index (χ2n) is 4.23. The number of ether oxygens (including phenoxy) is 1. The number of nitrogens with one attached hydrogen (secondary N) is 1. The topological polar surface area (TPSA) is 38.3 Å². The molecule has 0 aromatic heterocycles. The van der Waals surface area contributed by atoms with Crippen molar-refractivity contribution in [2.45, 2.75) is 25.9 Å². The fraction of sp³-hybridized carbons (Fsp3) is 0.500. The van der Waals surface area contributed by atoms with Gasteiger partial charge in [0.05, 0.1) is 5.70 Å². The van der Waals surface area contributed by atoms with Gasteiger partial charge in [-0.05, 0) is 30.8 Å². The summed E-state index contributed by atoms with van der Waals surface area (Å²) in [5, 5.41) is 2.42. The average molecular weight is 276 g/mol. The summed E-state index contributed by atoms with van der Waals surface area (Å²) in [5.74, 6) is -0.558. The third kappa shape index (κ3) is 1.80. The van der Waals surface area contributed by atoms with Crippen LogP contribution in [0.2, 0.25) is 0 Å². The van der Waals surface area contributed by atoms with Crippen molar-refractivity contribution >= 4 is 22.0 Å². The summed E-state index contributed by atoms with van der Waals surface area (Å²) in [5.41, 5.74) is -0.345. The molecule has 1 heterocycles. The van der Waals surface area contributed by atoms with Gasteiger partial charge in [0.2, 0.25) is 0 Å². The monoisotopic (exact) mass is 275 g/mol. The molecule has 0 saturated carbocycles. The van der Waals surface area contributed by atoms with Gasteiger partial charge in [0, 0.05) is 5.92 Å². The van der Waals surface area contributed by atoms with Crippen LogP contribution in [0.15, 0.2) is 22.1 Å². The lowest BCUT2D eigenvalue weighted by Crippen LogP contribution is -2.50. The van der Waals surface area contributed by atoms with Gasteiger partial charge in [-0.2, -0.15) is 0 Å². The van der Waals surface area contributed by atoms with Crippen molar-refractivity contribution in [3.05, 3.63) is 22.1 Å². The van der Waals surface area contributed by atoms with Crippen LogP contribution in [-0.4, -0.2) is 11.7 Å². The van der Waals surface area contributed by atoms with E-state index < -0.39 is 17.5 Å². The molecule has 2 rings (SSSR count).